The second kappa shape index (κ2) is 4.26. The third kappa shape index (κ3) is 1.78. The van der Waals surface area contributed by atoms with Gasteiger partial charge < -0.3 is 11.1 Å². The van der Waals surface area contributed by atoms with Crippen LogP contribution >= 0.6 is 11.3 Å². The molecule has 3 rings (SSSR count). The Kier molecular flexibility index (Phi) is 2.60. The molecule has 2 heterocycles. The molecule has 0 radical (unpaired) electrons. The van der Waals surface area contributed by atoms with E-state index in [1.807, 2.05) is 19.1 Å². The maximum atomic E-state index is 6.10. The molecule has 0 saturated carbocycles. The third-order valence-corrected chi connectivity index (χ3v) is 3.55. The number of hydrogen-bond donors (Lipinski definition) is 3. The quantitative estimate of drug-likeness (QED) is 0.628. The van der Waals surface area contributed by atoms with Crippen LogP contribution in [0.25, 0.3) is 10.2 Å². The molecular formula is C11H12N6S. The van der Waals surface area contributed by atoms with Crippen LogP contribution in [0.15, 0.2) is 24.0 Å². The smallest absolute Gasteiger partial charge is 0.146 e. The fourth-order valence-electron chi connectivity index (χ4n) is 1.80. The molecule has 1 unspecified atom stereocenters. The highest BCUT2D eigenvalue weighted by atomic mass is 32.1. The molecule has 0 aliphatic heterocycles. The number of nitrogens with two attached hydrogens (primary N) is 1. The highest BCUT2D eigenvalue weighted by Crippen LogP contribution is 2.31. The fourth-order valence-corrected chi connectivity index (χ4v) is 2.50. The summed E-state index contributed by atoms with van der Waals surface area (Å²) in [7, 11) is 0. The minimum Gasteiger partial charge on any atom is -0.395 e. The van der Waals surface area contributed by atoms with E-state index in [2.05, 4.69) is 25.5 Å². The largest absolute Gasteiger partial charge is 0.395 e. The number of benzene rings is 1. The van der Waals surface area contributed by atoms with E-state index in [1.165, 1.54) is 6.33 Å². The van der Waals surface area contributed by atoms with E-state index in [-0.39, 0.29) is 6.04 Å². The first-order valence-corrected chi connectivity index (χ1v) is 6.37. The van der Waals surface area contributed by atoms with Crippen molar-refractivity contribution in [1.82, 2.24) is 20.2 Å². The molecule has 7 heteroatoms. The average molecular weight is 260 g/mol. The van der Waals surface area contributed by atoms with Crippen molar-refractivity contribution < 1.29 is 0 Å². The highest BCUT2D eigenvalue weighted by molar-refractivity contribution is 7.16. The highest BCUT2D eigenvalue weighted by Gasteiger charge is 2.12. The zero-order valence-electron chi connectivity index (χ0n) is 9.71. The van der Waals surface area contributed by atoms with Crippen LogP contribution in [0.3, 0.4) is 0 Å². The van der Waals surface area contributed by atoms with Gasteiger partial charge in [-0.25, -0.2) is 9.97 Å². The number of H-pyrrole nitrogens is 1. The van der Waals surface area contributed by atoms with Crippen molar-refractivity contribution >= 4 is 32.9 Å². The van der Waals surface area contributed by atoms with E-state index < -0.39 is 0 Å². The van der Waals surface area contributed by atoms with Gasteiger partial charge in [0.15, 0.2) is 0 Å². The molecule has 0 spiro atoms. The Bertz CT molecular complexity index is 659. The predicted molar refractivity (Wildman–Crippen MR) is 72.5 cm³/mol. The zero-order valence-corrected chi connectivity index (χ0v) is 10.5. The minimum absolute atomic E-state index is 0.00545. The van der Waals surface area contributed by atoms with Gasteiger partial charge in [0, 0.05) is 0 Å². The Morgan fingerprint density at radius 3 is 3.06 bits per heavy atom. The number of nitrogens with one attached hydrogen (secondary N) is 2. The Morgan fingerprint density at radius 2 is 2.28 bits per heavy atom. The Morgan fingerprint density at radius 1 is 1.39 bits per heavy atom. The van der Waals surface area contributed by atoms with Crippen molar-refractivity contribution in [2.24, 2.45) is 0 Å². The molecule has 2 aromatic heterocycles. The molecule has 92 valence electrons. The molecule has 0 amide bonds. The van der Waals surface area contributed by atoms with E-state index in [1.54, 1.807) is 16.8 Å². The van der Waals surface area contributed by atoms with Crippen molar-refractivity contribution in [3.8, 4) is 0 Å². The van der Waals surface area contributed by atoms with Gasteiger partial charge in [0.05, 0.1) is 27.6 Å². The summed E-state index contributed by atoms with van der Waals surface area (Å²) in [5.74, 6) is 0.771. The Labute approximate surface area is 107 Å². The van der Waals surface area contributed by atoms with Gasteiger partial charge in [-0.15, -0.1) is 11.3 Å². The van der Waals surface area contributed by atoms with Crippen LogP contribution in [0.2, 0.25) is 0 Å². The van der Waals surface area contributed by atoms with Crippen molar-refractivity contribution in [3.63, 3.8) is 0 Å². The van der Waals surface area contributed by atoms with Crippen molar-refractivity contribution in [1.29, 1.82) is 0 Å². The number of hydrogen-bond acceptors (Lipinski definition) is 6. The number of anilines is 2. The molecule has 1 atom stereocenters. The van der Waals surface area contributed by atoms with Crippen LogP contribution in [0.1, 0.15) is 18.8 Å². The van der Waals surface area contributed by atoms with Gasteiger partial charge in [-0.2, -0.15) is 5.10 Å². The summed E-state index contributed by atoms with van der Waals surface area (Å²) in [6.07, 6.45) is 1.49. The summed E-state index contributed by atoms with van der Waals surface area (Å²) < 4.78 is 1.09. The molecule has 0 bridgehead atoms. The SMILES string of the molecule is CC(Nc1ccc2scnc2c1N)c1ncn[nH]1. The Hall–Kier alpha value is -2.15. The molecule has 0 aliphatic carbocycles. The van der Waals surface area contributed by atoms with Crippen molar-refractivity contribution in [2.45, 2.75) is 13.0 Å². The molecule has 4 N–H and O–H groups in total. The summed E-state index contributed by atoms with van der Waals surface area (Å²) >= 11 is 1.58. The molecule has 0 aliphatic rings. The van der Waals surface area contributed by atoms with E-state index in [9.17, 15) is 0 Å². The fraction of sp³-hybridized carbons (Fsp3) is 0.182. The molecule has 6 nitrogen and oxygen atoms in total. The molecule has 18 heavy (non-hydrogen) atoms. The monoisotopic (exact) mass is 260 g/mol. The van der Waals surface area contributed by atoms with Crippen LogP contribution < -0.4 is 11.1 Å². The lowest BCUT2D eigenvalue weighted by Gasteiger charge is -2.14. The number of aromatic amines is 1. The van der Waals surface area contributed by atoms with Gasteiger partial charge in [-0.05, 0) is 19.1 Å². The van der Waals surface area contributed by atoms with Gasteiger partial charge in [-0.3, -0.25) is 5.10 Å². The normalized spacial score (nSPS) is 12.7. The van der Waals surface area contributed by atoms with E-state index in [0.29, 0.717) is 5.69 Å². The molecule has 3 aromatic rings. The number of thiazole rings is 1. The van der Waals surface area contributed by atoms with E-state index in [4.69, 9.17) is 5.73 Å². The minimum atomic E-state index is 0.00545. The standard InChI is InChI=1S/C11H12N6S/c1-6(11-13-4-15-17-11)16-7-2-3-8-10(9(7)12)14-5-18-8/h2-6,16H,12H2,1H3,(H,13,15,17). The third-order valence-electron chi connectivity index (χ3n) is 2.76. The first-order valence-electron chi connectivity index (χ1n) is 5.49. The van der Waals surface area contributed by atoms with Gasteiger partial charge in [0.2, 0.25) is 0 Å². The molecule has 0 fully saturated rings. The van der Waals surface area contributed by atoms with Gasteiger partial charge in [0.25, 0.3) is 0 Å². The molecular weight excluding hydrogens is 248 g/mol. The number of rotatable bonds is 3. The summed E-state index contributed by atoms with van der Waals surface area (Å²) in [6, 6.07) is 3.98. The predicted octanol–water partition coefficient (Wildman–Crippen LogP) is 2.17. The summed E-state index contributed by atoms with van der Waals surface area (Å²) in [4.78, 5) is 8.38. The molecule has 0 saturated heterocycles. The average Bonchev–Trinajstić information content (AvgIpc) is 3.02. The maximum absolute atomic E-state index is 6.10. The summed E-state index contributed by atoms with van der Waals surface area (Å²) in [5, 5.41) is 9.96. The van der Waals surface area contributed by atoms with E-state index >= 15 is 0 Å². The van der Waals surface area contributed by atoms with E-state index in [0.717, 1.165) is 21.7 Å². The molecule has 1 aromatic carbocycles. The van der Waals surface area contributed by atoms with Crippen LogP contribution in [0.4, 0.5) is 11.4 Å². The Balaban J connectivity index is 1.93. The first kappa shape index (κ1) is 11.0. The number of nitrogens with zero attached hydrogens (tertiary/aromatic N) is 3. The number of aromatic nitrogens is 4. The number of nitrogen functional groups attached to an aromatic ring is 1. The van der Waals surface area contributed by atoms with Crippen molar-refractivity contribution in [2.75, 3.05) is 11.1 Å². The number of fused-ring (bicyclic) bond motifs is 1. The van der Waals surface area contributed by atoms with Crippen LogP contribution in [-0.2, 0) is 0 Å². The summed E-state index contributed by atoms with van der Waals surface area (Å²) in [6.45, 7) is 1.99. The maximum Gasteiger partial charge on any atom is 0.146 e. The van der Waals surface area contributed by atoms with Gasteiger partial charge in [0.1, 0.15) is 17.7 Å². The lowest BCUT2D eigenvalue weighted by atomic mass is 10.2. The second-order valence-corrected chi connectivity index (χ2v) is 4.85. The van der Waals surface area contributed by atoms with Crippen LogP contribution in [-0.4, -0.2) is 20.2 Å². The van der Waals surface area contributed by atoms with Crippen LogP contribution in [0, 0.1) is 0 Å². The van der Waals surface area contributed by atoms with Crippen molar-refractivity contribution in [3.05, 3.63) is 29.8 Å². The first-order chi connectivity index (χ1) is 8.75. The second-order valence-electron chi connectivity index (χ2n) is 3.96. The topological polar surface area (TPSA) is 92.5 Å². The lowest BCUT2D eigenvalue weighted by Crippen LogP contribution is -2.10. The van der Waals surface area contributed by atoms with Gasteiger partial charge in [-0.1, -0.05) is 0 Å². The van der Waals surface area contributed by atoms with Crippen LogP contribution in [0.5, 0.6) is 0 Å². The lowest BCUT2D eigenvalue weighted by molar-refractivity contribution is 0.796. The van der Waals surface area contributed by atoms with Gasteiger partial charge >= 0.3 is 0 Å². The summed E-state index contributed by atoms with van der Waals surface area (Å²) in [5.41, 5.74) is 10.3. The zero-order chi connectivity index (χ0) is 12.5.